The number of nitrogens with one attached hydrogen (secondary N) is 2. The van der Waals surface area contributed by atoms with Crippen LogP contribution in [0.2, 0.25) is 0 Å². The highest BCUT2D eigenvalue weighted by molar-refractivity contribution is 5.95. The number of hydrogen-bond donors (Lipinski definition) is 3. The summed E-state index contributed by atoms with van der Waals surface area (Å²) in [6.45, 7) is 3.99. The maximum atomic E-state index is 12.0. The van der Waals surface area contributed by atoms with Gasteiger partial charge in [0.25, 0.3) is 5.91 Å². The lowest BCUT2D eigenvalue weighted by Gasteiger charge is -2.13. The van der Waals surface area contributed by atoms with Gasteiger partial charge < -0.3 is 10.7 Å². The van der Waals surface area contributed by atoms with E-state index in [9.17, 15) is 4.79 Å². The highest BCUT2D eigenvalue weighted by Gasteiger charge is 2.29. The van der Waals surface area contributed by atoms with E-state index in [1.807, 2.05) is 19.1 Å². The highest BCUT2D eigenvalue weighted by atomic mass is 16.1. The Kier molecular flexibility index (Phi) is 3.33. The zero-order valence-corrected chi connectivity index (χ0v) is 10.3. The predicted octanol–water partition coefficient (Wildman–Crippen LogP) is 1.81. The molecule has 1 aliphatic rings. The van der Waals surface area contributed by atoms with Crippen LogP contribution in [0.25, 0.3) is 0 Å². The number of nitrogens with two attached hydrogens (primary N) is 1. The molecule has 1 amide bonds. The van der Waals surface area contributed by atoms with Crippen LogP contribution in [0, 0.1) is 12.8 Å². The number of benzene rings is 1. The van der Waals surface area contributed by atoms with Crippen LogP contribution in [-0.2, 0) is 0 Å². The van der Waals surface area contributed by atoms with E-state index in [-0.39, 0.29) is 11.9 Å². The van der Waals surface area contributed by atoms with Gasteiger partial charge in [-0.2, -0.15) is 0 Å². The molecule has 0 radical (unpaired) electrons. The minimum Gasteiger partial charge on any atom is -0.349 e. The number of hydrazine groups is 1. The number of rotatable bonds is 4. The lowest BCUT2D eigenvalue weighted by atomic mass is 10.1. The first-order valence-corrected chi connectivity index (χ1v) is 6.00. The largest absolute Gasteiger partial charge is 0.349 e. The van der Waals surface area contributed by atoms with Crippen molar-refractivity contribution >= 4 is 11.6 Å². The van der Waals surface area contributed by atoms with Crippen molar-refractivity contribution in [3.63, 3.8) is 0 Å². The Morgan fingerprint density at radius 1 is 1.47 bits per heavy atom. The second-order valence-electron chi connectivity index (χ2n) is 4.77. The predicted molar refractivity (Wildman–Crippen MR) is 68.6 cm³/mol. The second kappa shape index (κ2) is 4.75. The molecule has 0 saturated heterocycles. The molecule has 0 aliphatic heterocycles. The minimum atomic E-state index is -0.00364. The molecule has 92 valence electrons. The van der Waals surface area contributed by atoms with Gasteiger partial charge in [-0.1, -0.05) is 0 Å². The van der Waals surface area contributed by atoms with Crippen LogP contribution in [-0.4, -0.2) is 11.9 Å². The molecule has 1 saturated carbocycles. The first-order chi connectivity index (χ1) is 8.11. The van der Waals surface area contributed by atoms with Gasteiger partial charge in [0.05, 0.1) is 5.69 Å². The van der Waals surface area contributed by atoms with Crippen molar-refractivity contribution in [1.82, 2.24) is 5.32 Å². The quantitative estimate of drug-likeness (QED) is 0.549. The Morgan fingerprint density at radius 3 is 2.71 bits per heavy atom. The Morgan fingerprint density at radius 2 is 2.18 bits per heavy atom. The molecular formula is C13H19N3O. The molecule has 1 aromatic rings. The van der Waals surface area contributed by atoms with Gasteiger partial charge in [-0.15, -0.1) is 0 Å². The molecule has 17 heavy (non-hydrogen) atoms. The Balaban J connectivity index is 2.05. The zero-order chi connectivity index (χ0) is 12.4. The summed E-state index contributed by atoms with van der Waals surface area (Å²) < 4.78 is 0. The number of nitrogen functional groups attached to an aromatic ring is 1. The average molecular weight is 233 g/mol. The van der Waals surface area contributed by atoms with Crippen LogP contribution < -0.4 is 16.6 Å². The fraction of sp³-hybridized carbons (Fsp3) is 0.462. The average Bonchev–Trinajstić information content (AvgIpc) is 3.12. The monoisotopic (exact) mass is 233 g/mol. The second-order valence-corrected chi connectivity index (χ2v) is 4.77. The third-order valence-electron chi connectivity index (χ3n) is 3.33. The van der Waals surface area contributed by atoms with Gasteiger partial charge in [-0.05, 0) is 56.4 Å². The van der Waals surface area contributed by atoms with Crippen molar-refractivity contribution in [2.24, 2.45) is 11.8 Å². The minimum absolute atomic E-state index is 0.00364. The fourth-order valence-corrected chi connectivity index (χ4v) is 1.97. The van der Waals surface area contributed by atoms with Crippen molar-refractivity contribution < 1.29 is 4.79 Å². The van der Waals surface area contributed by atoms with Gasteiger partial charge in [0.2, 0.25) is 0 Å². The van der Waals surface area contributed by atoms with Crippen LogP contribution >= 0.6 is 0 Å². The van der Waals surface area contributed by atoms with Crippen molar-refractivity contribution in [3.8, 4) is 0 Å². The lowest BCUT2D eigenvalue weighted by molar-refractivity contribution is 0.0936. The van der Waals surface area contributed by atoms with Crippen LogP contribution in [0.4, 0.5) is 5.69 Å². The summed E-state index contributed by atoms with van der Waals surface area (Å²) in [5, 5.41) is 3.03. The van der Waals surface area contributed by atoms with Crippen molar-refractivity contribution in [2.45, 2.75) is 32.7 Å². The molecule has 0 aromatic heterocycles. The lowest BCUT2D eigenvalue weighted by Crippen LogP contribution is -2.34. The first kappa shape index (κ1) is 11.9. The molecule has 1 unspecified atom stereocenters. The fourth-order valence-electron chi connectivity index (χ4n) is 1.97. The third-order valence-corrected chi connectivity index (χ3v) is 3.33. The molecule has 4 N–H and O–H groups in total. The van der Waals surface area contributed by atoms with Gasteiger partial charge in [0.1, 0.15) is 0 Å². The SMILES string of the molecule is Cc1cc(C(=O)NC(C)C2CC2)ccc1NN. The van der Waals surface area contributed by atoms with Gasteiger partial charge in [0.15, 0.2) is 0 Å². The van der Waals surface area contributed by atoms with Crippen LogP contribution in [0.3, 0.4) is 0 Å². The van der Waals surface area contributed by atoms with Crippen LogP contribution in [0.5, 0.6) is 0 Å². The van der Waals surface area contributed by atoms with Gasteiger partial charge in [0, 0.05) is 11.6 Å². The Labute approximate surface area is 102 Å². The number of hydrogen-bond acceptors (Lipinski definition) is 3. The summed E-state index contributed by atoms with van der Waals surface area (Å²) in [5.74, 6) is 6.02. The van der Waals surface area contributed by atoms with Crippen molar-refractivity contribution in [3.05, 3.63) is 29.3 Å². The molecule has 0 spiro atoms. The highest BCUT2D eigenvalue weighted by Crippen LogP contribution is 2.32. The normalized spacial score (nSPS) is 16.4. The number of amides is 1. The summed E-state index contributed by atoms with van der Waals surface area (Å²) in [4.78, 5) is 12.0. The molecule has 0 heterocycles. The summed E-state index contributed by atoms with van der Waals surface area (Å²) in [5.41, 5.74) is 5.10. The summed E-state index contributed by atoms with van der Waals surface area (Å²) >= 11 is 0. The standard InChI is InChI=1S/C13H19N3O/c1-8-7-11(5-6-12(8)16-14)13(17)15-9(2)10-3-4-10/h5-7,9-10,16H,3-4,14H2,1-2H3,(H,15,17). The topological polar surface area (TPSA) is 67.2 Å². The molecule has 1 aliphatic carbocycles. The molecular weight excluding hydrogens is 214 g/mol. The molecule has 2 rings (SSSR count). The van der Waals surface area contributed by atoms with E-state index < -0.39 is 0 Å². The van der Waals surface area contributed by atoms with Crippen LogP contribution in [0.1, 0.15) is 35.7 Å². The molecule has 4 heteroatoms. The molecule has 1 atom stereocenters. The van der Waals surface area contributed by atoms with E-state index in [1.165, 1.54) is 12.8 Å². The van der Waals surface area contributed by atoms with E-state index >= 15 is 0 Å². The number of carbonyl (C=O) groups is 1. The van der Waals surface area contributed by atoms with Gasteiger partial charge in [-0.25, -0.2) is 0 Å². The van der Waals surface area contributed by atoms with E-state index in [1.54, 1.807) is 6.07 Å². The zero-order valence-electron chi connectivity index (χ0n) is 10.3. The van der Waals surface area contributed by atoms with Crippen molar-refractivity contribution in [1.29, 1.82) is 0 Å². The van der Waals surface area contributed by atoms with E-state index in [0.717, 1.165) is 11.3 Å². The molecule has 0 bridgehead atoms. The molecule has 4 nitrogen and oxygen atoms in total. The number of aryl methyl sites for hydroxylation is 1. The molecule has 1 fully saturated rings. The summed E-state index contributed by atoms with van der Waals surface area (Å²) in [6, 6.07) is 5.74. The van der Waals surface area contributed by atoms with Gasteiger partial charge >= 0.3 is 0 Å². The third kappa shape index (κ3) is 2.77. The first-order valence-electron chi connectivity index (χ1n) is 6.00. The maximum absolute atomic E-state index is 12.0. The number of anilines is 1. The smallest absolute Gasteiger partial charge is 0.251 e. The van der Waals surface area contributed by atoms with Gasteiger partial charge in [-0.3, -0.25) is 10.6 Å². The number of carbonyl (C=O) groups excluding carboxylic acids is 1. The Hall–Kier alpha value is -1.55. The maximum Gasteiger partial charge on any atom is 0.251 e. The Bertz CT molecular complexity index is 427. The van der Waals surface area contributed by atoms with E-state index in [0.29, 0.717) is 11.5 Å². The molecule has 1 aromatic carbocycles. The van der Waals surface area contributed by atoms with Crippen molar-refractivity contribution in [2.75, 3.05) is 5.43 Å². The summed E-state index contributed by atoms with van der Waals surface area (Å²) in [7, 11) is 0. The van der Waals surface area contributed by atoms with E-state index in [2.05, 4.69) is 17.7 Å². The summed E-state index contributed by atoms with van der Waals surface area (Å²) in [6.07, 6.45) is 2.47. The van der Waals surface area contributed by atoms with E-state index in [4.69, 9.17) is 5.84 Å². The van der Waals surface area contributed by atoms with Crippen LogP contribution in [0.15, 0.2) is 18.2 Å².